The molecule has 8 heteroatoms. The second-order valence-electron chi connectivity index (χ2n) is 8.62. The van der Waals surface area contributed by atoms with E-state index in [-0.39, 0.29) is 55.1 Å². The maximum absolute atomic E-state index is 12.3. The van der Waals surface area contributed by atoms with Gasteiger partial charge in [-0.3, -0.25) is 9.59 Å². The van der Waals surface area contributed by atoms with E-state index in [2.05, 4.69) is 0 Å². The van der Waals surface area contributed by atoms with Crippen LogP contribution in [0.25, 0.3) is 0 Å². The molecule has 0 bridgehead atoms. The molecule has 1 aromatic rings. The number of ketones is 2. The first-order chi connectivity index (χ1) is 14.7. The molecule has 3 N–H and O–H groups in total. The summed E-state index contributed by atoms with van der Waals surface area (Å²) in [4.78, 5) is 24.6. The highest BCUT2D eigenvalue weighted by Gasteiger charge is 2.48. The van der Waals surface area contributed by atoms with Crippen molar-refractivity contribution >= 4 is 11.6 Å². The predicted octanol–water partition coefficient (Wildman–Crippen LogP) is 1.00. The largest absolute Gasteiger partial charge is 0.393 e. The lowest BCUT2D eigenvalue weighted by atomic mass is 9.85. The van der Waals surface area contributed by atoms with E-state index < -0.39 is 24.4 Å². The lowest BCUT2D eigenvalue weighted by Gasteiger charge is -2.37. The van der Waals surface area contributed by atoms with E-state index >= 15 is 0 Å². The summed E-state index contributed by atoms with van der Waals surface area (Å²) in [7, 11) is 0. The number of aliphatic hydroxyl groups is 3. The van der Waals surface area contributed by atoms with Gasteiger partial charge >= 0.3 is 0 Å². The van der Waals surface area contributed by atoms with Crippen molar-refractivity contribution in [2.75, 3.05) is 6.61 Å². The lowest BCUT2D eigenvalue weighted by molar-refractivity contribution is -0.170. The third-order valence-electron chi connectivity index (χ3n) is 6.30. The minimum atomic E-state index is -1.24. The molecule has 2 saturated heterocycles. The van der Waals surface area contributed by atoms with Crippen molar-refractivity contribution in [3.8, 4) is 6.07 Å². The molecule has 0 aromatic heterocycles. The molecule has 3 rings (SSSR count). The van der Waals surface area contributed by atoms with Gasteiger partial charge in [0.25, 0.3) is 0 Å². The van der Waals surface area contributed by atoms with Gasteiger partial charge in [-0.15, -0.1) is 0 Å². The third kappa shape index (κ3) is 5.76. The van der Waals surface area contributed by atoms with Gasteiger partial charge in [-0.25, -0.2) is 0 Å². The number of benzene rings is 1. The fourth-order valence-corrected chi connectivity index (χ4v) is 4.02. The van der Waals surface area contributed by atoms with Crippen LogP contribution in [0.4, 0.5) is 0 Å². The monoisotopic (exact) mass is 431 g/mol. The number of epoxide rings is 1. The zero-order valence-corrected chi connectivity index (χ0v) is 17.7. The van der Waals surface area contributed by atoms with Gasteiger partial charge in [0.05, 0.1) is 55.2 Å². The zero-order valence-electron chi connectivity index (χ0n) is 17.7. The van der Waals surface area contributed by atoms with Gasteiger partial charge in [0.1, 0.15) is 11.9 Å². The number of Topliss-reactive ketones (excluding diaryl/α,β-unsaturated/α-hetero) is 2. The Morgan fingerprint density at radius 1 is 1.16 bits per heavy atom. The van der Waals surface area contributed by atoms with E-state index in [4.69, 9.17) is 14.7 Å². The molecule has 0 radical (unpaired) electrons. The summed E-state index contributed by atoms with van der Waals surface area (Å²) >= 11 is 0. The maximum Gasteiger partial charge on any atom is 0.170 e. The molecule has 31 heavy (non-hydrogen) atoms. The summed E-state index contributed by atoms with van der Waals surface area (Å²) in [5, 5.41) is 39.4. The molecule has 0 amide bonds. The number of nitriles is 1. The molecule has 0 unspecified atom stereocenters. The van der Waals surface area contributed by atoms with Gasteiger partial charge in [0, 0.05) is 23.8 Å². The molecule has 168 valence electrons. The quantitative estimate of drug-likeness (QED) is 0.299. The molecular weight excluding hydrogens is 402 g/mol. The van der Waals surface area contributed by atoms with Crippen molar-refractivity contribution in [1.29, 1.82) is 5.26 Å². The van der Waals surface area contributed by atoms with Crippen LogP contribution in [-0.4, -0.2) is 70.1 Å². The number of nitrogens with zero attached hydrogens (tertiary/aromatic N) is 1. The predicted molar refractivity (Wildman–Crippen MR) is 109 cm³/mol. The van der Waals surface area contributed by atoms with E-state index in [9.17, 15) is 24.9 Å². The second kappa shape index (κ2) is 9.98. The van der Waals surface area contributed by atoms with Crippen molar-refractivity contribution in [1.82, 2.24) is 0 Å². The van der Waals surface area contributed by atoms with Crippen molar-refractivity contribution in [3.63, 3.8) is 0 Å². The van der Waals surface area contributed by atoms with Crippen molar-refractivity contribution < 1.29 is 34.4 Å². The maximum atomic E-state index is 12.3. The molecule has 1 aromatic carbocycles. The Balaban J connectivity index is 1.47. The van der Waals surface area contributed by atoms with Gasteiger partial charge in [-0.2, -0.15) is 5.26 Å². The van der Waals surface area contributed by atoms with Gasteiger partial charge in [0.2, 0.25) is 0 Å². The van der Waals surface area contributed by atoms with Crippen LogP contribution in [0.1, 0.15) is 49.0 Å². The van der Waals surface area contributed by atoms with Crippen LogP contribution in [0.15, 0.2) is 24.3 Å². The first-order valence-electron chi connectivity index (χ1n) is 10.6. The van der Waals surface area contributed by atoms with E-state index in [1.54, 1.807) is 6.92 Å². The van der Waals surface area contributed by atoms with Gasteiger partial charge in [0.15, 0.2) is 5.78 Å². The Morgan fingerprint density at radius 3 is 2.45 bits per heavy atom. The van der Waals surface area contributed by atoms with E-state index in [1.807, 2.05) is 13.0 Å². The number of rotatable bonds is 9. The lowest BCUT2D eigenvalue weighted by Crippen LogP contribution is -2.51. The molecule has 0 spiro atoms. The van der Waals surface area contributed by atoms with Crippen LogP contribution >= 0.6 is 0 Å². The normalized spacial score (nSPS) is 32.0. The fraction of sp³-hybridized carbons (Fsp3) is 0.609. The molecule has 2 heterocycles. The molecule has 0 aliphatic carbocycles. The number of ether oxygens (including phenoxy) is 2. The van der Waals surface area contributed by atoms with Crippen molar-refractivity contribution in [2.24, 2.45) is 11.8 Å². The molecule has 0 saturated carbocycles. The number of carbonyl (C=O) groups is 2. The van der Waals surface area contributed by atoms with Crippen LogP contribution < -0.4 is 0 Å². The van der Waals surface area contributed by atoms with Gasteiger partial charge < -0.3 is 24.8 Å². The Kier molecular flexibility index (Phi) is 7.57. The number of carbonyl (C=O) groups excluding carboxylic acids is 2. The van der Waals surface area contributed by atoms with E-state index in [0.29, 0.717) is 17.5 Å². The van der Waals surface area contributed by atoms with E-state index in [0.717, 1.165) is 0 Å². The minimum Gasteiger partial charge on any atom is -0.393 e. The highest BCUT2D eigenvalue weighted by Crippen LogP contribution is 2.38. The molecule has 2 fully saturated rings. The number of hydrogen-bond acceptors (Lipinski definition) is 8. The zero-order chi connectivity index (χ0) is 22.7. The molecule has 8 nitrogen and oxygen atoms in total. The van der Waals surface area contributed by atoms with Crippen LogP contribution in [-0.2, 0) is 14.3 Å². The van der Waals surface area contributed by atoms with Crippen molar-refractivity contribution in [3.05, 3.63) is 35.4 Å². The smallest absolute Gasteiger partial charge is 0.170 e. The summed E-state index contributed by atoms with van der Waals surface area (Å²) in [6.07, 6.45) is -3.85. The van der Waals surface area contributed by atoms with Crippen LogP contribution in [0, 0.1) is 23.2 Å². The van der Waals surface area contributed by atoms with Gasteiger partial charge in [-0.05, 0) is 25.5 Å². The van der Waals surface area contributed by atoms with Crippen molar-refractivity contribution in [2.45, 2.75) is 69.7 Å². The van der Waals surface area contributed by atoms with Crippen LogP contribution in [0.5, 0.6) is 0 Å². The molecule has 8 atom stereocenters. The average molecular weight is 431 g/mol. The summed E-state index contributed by atoms with van der Waals surface area (Å²) in [6, 6.07) is 7.99. The standard InChI is InChI=1S/C23H29NO7/c1-12(13(2)25)23-20(31-23)7-16-11-30-19(22(29)21(16)28)9-17(26)8-18(27)15-5-3-14(10-24)4-6-15/h3-6,12-13,16,19-23,25,28-29H,7-9,11H2,1-2H3/t12-,13-,16-,19-,20-,21+,22-,23-/m0/s1. The Bertz CT molecular complexity index is 831. The summed E-state index contributed by atoms with van der Waals surface area (Å²) < 4.78 is 11.3. The molecule has 2 aliphatic rings. The summed E-state index contributed by atoms with van der Waals surface area (Å²) in [5.41, 5.74) is 0.761. The Hall–Kier alpha value is -2.15. The molecular formula is C23H29NO7. The third-order valence-corrected chi connectivity index (χ3v) is 6.30. The number of aliphatic hydroxyl groups excluding tert-OH is 3. The first-order valence-corrected chi connectivity index (χ1v) is 10.6. The minimum absolute atomic E-state index is 0.0180. The van der Waals surface area contributed by atoms with Gasteiger partial charge in [-0.1, -0.05) is 19.1 Å². The highest BCUT2D eigenvalue weighted by atomic mass is 16.6. The topological polar surface area (TPSA) is 140 Å². The Labute approximate surface area is 181 Å². The van der Waals surface area contributed by atoms with Crippen LogP contribution in [0.3, 0.4) is 0 Å². The van der Waals surface area contributed by atoms with E-state index in [1.165, 1.54) is 24.3 Å². The average Bonchev–Trinajstić information content (AvgIpc) is 3.51. The highest BCUT2D eigenvalue weighted by molar-refractivity contribution is 6.08. The second-order valence-corrected chi connectivity index (χ2v) is 8.62. The van der Waals surface area contributed by atoms with Crippen LogP contribution in [0.2, 0.25) is 0 Å². The number of hydrogen-bond donors (Lipinski definition) is 3. The summed E-state index contributed by atoms with van der Waals surface area (Å²) in [6.45, 7) is 3.79. The SMILES string of the molecule is C[C@H]([C@@H]1O[C@H]1C[C@H]1CO[C@@H](CC(=O)CC(=O)c2ccc(C#N)cc2)[C@H](O)[C@@H]1O)[C@H](C)O. The first kappa shape index (κ1) is 23.5. The molecule has 2 aliphatic heterocycles. The summed E-state index contributed by atoms with van der Waals surface area (Å²) in [5.74, 6) is -1.11. The Morgan fingerprint density at radius 2 is 1.84 bits per heavy atom. The fourth-order valence-electron chi connectivity index (χ4n) is 4.02.